The molecule has 228 valence electrons. The number of carbonyl (C=O) groups is 3. The van der Waals surface area contributed by atoms with Crippen molar-refractivity contribution in [1.82, 2.24) is 15.1 Å². The zero-order valence-electron chi connectivity index (χ0n) is 25.5. The number of amides is 2. The summed E-state index contributed by atoms with van der Waals surface area (Å²) in [4.78, 5) is 44.0. The Hall–Kier alpha value is -4.50. The molecule has 3 aromatic rings. The first kappa shape index (κ1) is 30.9. The monoisotopic (exact) mass is 611 g/mol. The molecule has 2 aliphatic rings. The van der Waals surface area contributed by atoms with Crippen LogP contribution in [0.5, 0.6) is 0 Å². The van der Waals surface area contributed by atoms with Crippen LogP contribution in [0.25, 0.3) is 6.08 Å². The molecule has 1 N–H and O–H groups in total. The standard InChI is InChI=1S/C35H37N3O5S/c1-35(2,3)43-34(41)36-28-31(39)38-29(26(22-44-32(28)38)27(37(4)5)21-23-15-9-6-10-16-23)33(40)42-30(24-17-11-7-12-18-24)25-19-13-8-14-20-25/h6-21,28,30,32H,22H2,1-5H3,(H,36,41). The van der Waals surface area contributed by atoms with Crippen LogP contribution in [0.15, 0.2) is 108 Å². The molecule has 2 atom stereocenters. The van der Waals surface area contributed by atoms with E-state index in [4.69, 9.17) is 9.47 Å². The highest BCUT2D eigenvalue weighted by molar-refractivity contribution is 8.00. The van der Waals surface area contributed by atoms with Gasteiger partial charge in [0.2, 0.25) is 0 Å². The van der Waals surface area contributed by atoms with Crippen molar-refractivity contribution in [2.75, 3.05) is 19.8 Å². The van der Waals surface area contributed by atoms with Crippen molar-refractivity contribution in [3.05, 3.63) is 125 Å². The first-order valence-corrected chi connectivity index (χ1v) is 15.5. The lowest BCUT2D eigenvalue weighted by Crippen LogP contribution is -2.71. The SMILES string of the molecule is CN(C)C(=Cc1ccccc1)C1=C(C(=O)OC(c2ccccc2)c2ccccc2)N2C(=O)C(NC(=O)OC(C)(C)C)C2SC1. The van der Waals surface area contributed by atoms with Gasteiger partial charge in [-0.15, -0.1) is 11.8 Å². The van der Waals surface area contributed by atoms with Gasteiger partial charge in [0.1, 0.15) is 22.7 Å². The molecule has 9 heteroatoms. The molecule has 0 aliphatic carbocycles. The Labute approximate surface area is 262 Å². The van der Waals surface area contributed by atoms with Crippen molar-refractivity contribution < 1.29 is 23.9 Å². The maximum atomic E-state index is 14.4. The van der Waals surface area contributed by atoms with E-state index in [2.05, 4.69) is 5.32 Å². The Morgan fingerprint density at radius 3 is 2.00 bits per heavy atom. The predicted octanol–water partition coefficient (Wildman–Crippen LogP) is 5.98. The fourth-order valence-corrected chi connectivity index (χ4v) is 6.54. The number of allylic oxidation sites excluding steroid dienone is 1. The number of benzene rings is 3. The molecule has 44 heavy (non-hydrogen) atoms. The van der Waals surface area contributed by atoms with Gasteiger partial charge in [-0.25, -0.2) is 9.59 Å². The summed E-state index contributed by atoms with van der Waals surface area (Å²) in [5.74, 6) is -0.594. The first-order valence-electron chi connectivity index (χ1n) is 14.5. The van der Waals surface area contributed by atoms with Gasteiger partial charge in [-0.3, -0.25) is 9.69 Å². The van der Waals surface area contributed by atoms with Crippen molar-refractivity contribution in [2.45, 2.75) is 43.9 Å². The number of β-lactam (4-membered cyclic amide) rings is 1. The van der Waals surface area contributed by atoms with Crippen LogP contribution in [0.1, 0.15) is 43.6 Å². The van der Waals surface area contributed by atoms with Crippen LogP contribution in [-0.2, 0) is 19.1 Å². The number of alkyl carbamates (subject to hydrolysis) is 1. The van der Waals surface area contributed by atoms with E-state index in [0.29, 0.717) is 11.3 Å². The number of hydrogen-bond acceptors (Lipinski definition) is 7. The number of nitrogens with zero attached hydrogens (tertiary/aromatic N) is 2. The molecule has 0 radical (unpaired) electrons. The molecule has 8 nitrogen and oxygen atoms in total. The van der Waals surface area contributed by atoms with E-state index in [1.54, 1.807) is 20.8 Å². The van der Waals surface area contributed by atoms with Gasteiger partial charge in [0.15, 0.2) is 6.10 Å². The van der Waals surface area contributed by atoms with Crippen molar-refractivity contribution >= 4 is 35.8 Å². The minimum atomic E-state index is -0.834. The van der Waals surface area contributed by atoms with Gasteiger partial charge in [-0.2, -0.15) is 0 Å². The third-order valence-electron chi connectivity index (χ3n) is 7.16. The summed E-state index contributed by atoms with van der Waals surface area (Å²) in [5, 5.41) is 2.22. The quantitative estimate of drug-likeness (QED) is 0.248. The Morgan fingerprint density at radius 2 is 1.48 bits per heavy atom. The normalized spacial score (nSPS) is 18.4. The van der Waals surface area contributed by atoms with Crippen LogP contribution in [0.3, 0.4) is 0 Å². The third kappa shape index (κ3) is 6.83. The summed E-state index contributed by atoms with van der Waals surface area (Å²) in [6, 6.07) is 28.0. The van der Waals surface area contributed by atoms with Gasteiger partial charge in [-0.05, 0) is 43.5 Å². The largest absolute Gasteiger partial charge is 0.448 e. The van der Waals surface area contributed by atoms with Crippen LogP contribution in [-0.4, -0.2) is 64.6 Å². The van der Waals surface area contributed by atoms with Gasteiger partial charge in [0.05, 0.1) is 0 Å². The number of esters is 1. The fourth-order valence-electron chi connectivity index (χ4n) is 5.18. The van der Waals surface area contributed by atoms with Crippen molar-refractivity contribution in [3.63, 3.8) is 0 Å². The number of rotatable bonds is 8. The van der Waals surface area contributed by atoms with Gasteiger partial charge in [-0.1, -0.05) is 91.0 Å². The molecule has 2 amide bonds. The Morgan fingerprint density at radius 1 is 0.932 bits per heavy atom. The average molecular weight is 612 g/mol. The second-order valence-electron chi connectivity index (χ2n) is 11.8. The summed E-state index contributed by atoms with van der Waals surface area (Å²) in [7, 11) is 3.81. The maximum Gasteiger partial charge on any atom is 0.408 e. The fraction of sp³-hybridized carbons (Fsp3) is 0.286. The zero-order valence-corrected chi connectivity index (χ0v) is 26.3. The smallest absolute Gasteiger partial charge is 0.408 e. The third-order valence-corrected chi connectivity index (χ3v) is 8.44. The molecule has 0 bridgehead atoms. The molecule has 0 spiro atoms. The van der Waals surface area contributed by atoms with E-state index in [9.17, 15) is 14.4 Å². The van der Waals surface area contributed by atoms with Crippen LogP contribution < -0.4 is 5.32 Å². The summed E-state index contributed by atoms with van der Waals surface area (Å²) in [5.41, 5.74) is 3.48. The summed E-state index contributed by atoms with van der Waals surface area (Å²) < 4.78 is 11.7. The maximum absolute atomic E-state index is 14.4. The van der Waals surface area contributed by atoms with E-state index >= 15 is 0 Å². The molecular formula is C35H37N3O5S. The van der Waals surface area contributed by atoms with Gasteiger partial charge in [0.25, 0.3) is 5.91 Å². The highest BCUT2D eigenvalue weighted by Crippen LogP contribution is 2.44. The summed E-state index contributed by atoms with van der Waals surface area (Å²) >= 11 is 1.48. The second kappa shape index (κ2) is 13.0. The number of likely N-dealkylation sites (N-methyl/N-ethyl adjacent to an activating group) is 1. The Bertz CT molecular complexity index is 1530. The molecule has 3 aromatic carbocycles. The van der Waals surface area contributed by atoms with Crippen LogP contribution in [0.4, 0.5) is 4.79 Å². The summed E-state index contributed by atoms with van der Waals surface area (Å²) in [6.45, 7) is 5.28. The number of nitrogens with one attached hydrogen (secondary N) is 1. The molecule has 2 unspecified atom stereocenters. The molecular weight excluding hydrogens is 574 g/mol. The topological polar surface area (TPSA) is 88.2 Å². The number of carbonyl (C=O) groups excluding carboxylic acids is 3. The van der Waals surface area contributed by atoms with E-state index in [-0.39, 0.29) is 5.70 Å². The zero-order chi connectivity index (χ0) is 31.4. The second-order valence-corrected chi connectivity index (χ2v) is 12.9. The highest BCUT2D eigenvalue weighted by Gasteiger charge is 2.55. The molecule has 2 heterocycles. The van der Waals surface area contributed by atoms with E-state index in [1.807, 2.05) is 116 Å². The lowest BCUT2D eigenvalue weighted by molar-refractivity contribution is -0.153. The Kier molecular flexibility index (Phi) is 9.15. The molecule has 2 aliphatic heterocycles. The molecule has 0 saturated carbocycles. The van der Waals surface area contributed by atoms with Gasteiger partial charge >= 0.3 is 12.1 Å². The molecule has 1 fully saturated rings. The van der Waals surface area contributed by atoms with Crippen molar-refractivity contribution in [3.8, 4) is 0 Å². The van der Waals surface area contributed by atoms with Crippen molar-refractivity contribution in [2.24, 2.45) is 0 Å². The van der Waals surface area contributed by atoms with E-state index < -0.39 is 41.1 Å². The average Bonchev–Trinajstić information content (AvgIpc) is 3.01. The Balaban J connectivity index is 1.55. The number of ether oxygens (including phenoxy) is 2. The molecule has 5 rings (SSSR count). The van der Waals surface area contributed by atoms with Gasteiger partial charge < -0.3 is 19.7 Å². The van der Waals surface area contributed by atoms with E-state index in [0.717, 1.165) is 22.4 Å². The van der Waals surface area contributed by atoms with Crippen LogP contribution in [0.2, 0.25) is 0 Å². The van der Waals surface area contributed by atoms with E-state index in [1.165, 1.54) is 16.7 Å². The highest BCUT2D eigenvalue weighted by atomic mass is 32.2. The van der Waals surface area contributed by atoms with Gasteiger partial charge in [0, 0.05) is 31.1 Å². The first-order chi connectivity index (χ1) is 21.0. The van der Waals surface area contributed by atoms with Crippen LogP contribution in [0, 0.1) is 0 Å². The molecule has 1 saturated heterocycles. The lowest BCUT2D eigenvalue weighted by atomic mass is 9.99. The predicted molar refractivity (Wildman–Crippen MR) is 172 cm³/mol. The lowest BCUT2D eigenvalue weighted by Gasteiger charge is -2.50. The minimum Gasteiger partial charge on any atom is -0.448 e. The number of hydrogen-bond donors (Lipinski definition) is 1. The number of thioether (sulfide) groups is 1. The summed E-state index contributed by atoms with van der Waals surface area (Å²) in [6.07, 6.45) is 0.622. The van der Waals surface area contributed by atoms with Crippen LogP contribution >= 0.6 is 11.8 Å². The van der Waals surface area contributed by atoms with Crippen molar-refractivity contribution in [1.29, 1.82) is 0 Å². The molecule has 0 aromatic heterocycles. The minimum absolute atomic E-state index is 0.175. The number of fused-ring (bicyclic) bond motifs is 1.